The molecule has 0 amide bonds. The van der Waals surface area contributed by atoms with Crippen LogP contribution in [0.25, 0.3) is 0 Å². The van der Waals surface area contributed by atoms with Crippen molar-refractivity contribution < 1.29 is 0 Å². The molecule has 1 aromatic carbocycles. The van der Waals surface area contributed by atoms with Gasteiger partial charge < -0.3 is 0 Å². The molecule has 0 aliphatic heterocycles. The number of hydrogen-bond acceptors (Lipinski definition) is 1. The van der Waals surface area contributed by atoms with Gasteiger partial charge in [0.15, 0.2) is 0 Å². The summed E-state index contributed by atoms with van der Waals surface area (Å²) in [4.78, 5) is 1.26. The fraction of sp³-hybridized carbons (Fsp3) is 0.333. The van der Waals surface area contributed by atoms with Gasteiger partial charge in [-0.2, -0.15) is 0 Å². The summed E-state index contributed by atoms with van der Waals surface area (Å²) in [5, 5.41) is 0.825. The van der Waals surface area contributed by atoms with Crippen molar-refractivity contribution in [1.29, 1.82) is 0 Å². The van der Waals surface area contributed by atoms with Crippen LogP contribution in [-0.4, -0.2) is 5.75 Å². The zero-order valence-electron chi connectivity index (χ0n) is 6.51. The van der Waals surface area contributed by atoms with Gasteiger partial charge in [-0.25, -0.2) is 0 Å². The van der Waals surface area contributed by atoms with Crippen LogP contribution >= 0.6 is 23.4 Å². The topological polar surface area (TPSA) is 0 Å². The average molecular weight is 187 g/mol. The molecule has 0 saturated carbocycles. The second kappa shape index (κ2) is 4.68. The average Bonchev–Trinajstić information content (AvgIpc) is 2.01. The van der Waals surface area contributed by atoms with Crippen molar-refractivity contribution in [1.82, 2.24) is 0 Å². The summed E-state index contributed by atoms with van der Waals surface area (Å²) in [6.07, 6.45) is 1.21. The van der Waals surface area contributed by atoms with E-state index < -0.39 is 0 Å². The van der Waals surface area contributed by atoms with Gasteiger partial charge in [-0.1, -0.05) is 24.6 Å². The highest BCUT2D eigenvalue weighted by molar-refractivity contribution is 7.99. The third-order valence-corrected chi connectivity index (χ3v) is 2.70. The minimum absolute atomic E-state index is 0.825. The molecule has 0 bridgehead atoms. The van der Waals surface area contributed by atoms with Crippen LogP contribution in [0.3, 0.4) is 0 Å². The maximum absolute atomic E-state index is 5.81. The Balaban J connectivity index is 2.56. The van der Waals surface area contributed by atoms with Crippen molar-refractivity contribution in [3.05, 3.63) is 29.3 Å². The Bertz CT molecular complexity index is 223. The maximum atomic E-state index is 5.81. The molecular weight excluding hydrogens is 176 g/mol. The minimum atomic E-state index is 0.825. The molecule has 0 radical (unpaired) electrons. The minimum Gasteiger partial charge on any atom is -0.126 e. The van der Waals surface area contributed by atoms with E-state index in [1.165, 1.54) is 17.1 Å². The Morgan fingerprint density at radius 3 is 2.91 bits per heavy atom. The van der Waals surface area contributed by atoms with E-state index in [4.69, 9.17) is 11.6 Å². The molecule has 0 atom stereocenters. The zero-order valence-corrected chi connectivity index (χ0v) is 8.08. The molecule has 0 spiro atoms. The van der Waals surface area contributed by atoms with Crippen LogP contribution in [0, 0.1) is 0 Å². The lowest BCUT2D eigenvalue weighted by molar-refractivity contribution is 1.10. The molecule has 0 saturated heterocycles. The van der Waals surface area contributed by atoms with Gasteiger partial charge in [-0.05, 0) is 30.4 Å². The van der Waals surface area contributed by atoms with E-state index in [1.807, 2.05) is 30.0 Å². The van der Waals surface area contributed by atoms with Gasteiger partial charge in [-0.15, -0.1) is 11.8 Å². The third kappa shape index (κ3) is 3.17. The van der Waals surface area contributed by atoms with Gasteiger partial charge in [-0.3, -0.25) is 0 Å². The summed E-state index contributed by atoms with van der Waals surface area (Å²) in [6, 6.07) is 7.98. The third-order valence-electron chi connectivity index (χ3n) is 1.27. The highest BCUT2D eigenvalue weighted by atomic mass is 35.5. The van der Waals surface area contributed by atoms with Crippen molar-refractivity contribution in [2.24, 2.45) is 0 Å². The first-order valence-electron chi connectivity index (χ1n) is 3.71. The lowest BCUT2D eigenvalue weighted by Crippen LogP contribution is -1.74. The smallest absolute Gasteiger partial charge is 0.0417 e. The standard InChI is InChI=1S/C9H11ClS/c1-2-6-11-9-5-3-4-8(10)7-9/h3-5,7H,2,6H2,1H3. The fourth-order valence-corrected chi connectivity index (χ4v) is 1.86. The van der Waals surface area contributed by atoms with Crippen molar-refractivity contribution in [2.45, 2.75) is 18.2 Å². The summed E-state index contributed by atoms with van der Waals surface area (Å²) >= 11 is 7.66. The number of rotatable bonds is 3. The summed E-state index contributed by atoms with van der Waals surface area (Å²) in [7, 11) is 0. The van der Waals surface area contributed by atoms with Gasteiger partial charge in [0.2, 0.25) is 0 Å². The van der Waals surface area contributed by atoms with Crippen LogP contribution in [0.15, 0.2) is 29.2 Å². The number of halogens is 1. The summed E-state index contributed by atoms with van der Waals surface area (Å²) in [6.45, 7) is 2.18. The molecule has 11 heavy (non-hydrogen) atoms. The van der Waals surface area contributed by atoms with Crippen LogP contribution < -0.4 is 0 Å². The molecule has 60 valence electrons. The van der Waals surface area contributed by atoms with Crippen molar-refractivity contribution >= 4 is 23.4 Å². The highest BCUT2D eigenvalue weighted by Gasteiger charge is 1.92. The van der Waals surface area contributed by atoms with Crippen LogP contribution in [-0.2, 0) is 0 Å². The summed E-state index contributed by atoms with van der Waals surface area (Å²) in [5.74, 6) is 1.17. The summed E-state index contributed by atoms with van der Waals surface area (Å²) < 4.78 is 0. The molecule has 1 aromatic rings. The van der Waals surface area contributed by atoms with E-state index in [0.717, 1.165) is 5.02 Å². The van der Waals surface area contributed by atoms with E-state index in [-0.39, 0.29) is 0 Å². The Hall–Kier alpha value is -0.140. The maximum Gasteiger partial charge on any atom is 0.0417 e. The van der Waals surface area contributed by atoms with E-state index in [2.05, 4.69) is 13.0 Å². The first-order chi connectivity index (χ1) is 5.33. The first-order valence-corrected chi connectivity index (χ1v) is 5.07. The Labute approximate surface area is 77.0 Å². The quantitative estimate of drug-likeness (QED) is 0.647. The predicted molar refractivity (Wildman–Crippen MR) is 52.5 cm³/mol. The van der Waals surface area contributed by atoms with E-state index in [1.54, 1.807) is 0 Å². The molecule has 0 unspecified atom stereocenters. The van der Waals surface area contributed by atoms with Crippen molar-refractivity contribution in [2.75, 3.05) is 5.75 Å². The normalized spacial score (nSPS) is 10.0. The van der Waals surface area contributed by atoms with Gasteiger partial charge >= 0.3 is 0 Å². The molecule has 0 heterocycles. The van der Waals surface area contributed by atoms with E-state index >= 15 is 0 Å². The summed E-state index contributed by atoms with van der Waals surface area (Å²) in [5.41, 5.74) is 0. The lowest BCUT2D eigenvalue weighted by Gasteiger charge is -1.98. The first kappa shape index (κ1) is 8.95. The number of benzene rings is 1. The Morgan fingerprint density at radius 1 is 1.45 bits per heavy atom. The Kier molecular flexibility index (Phi) is 3.81. The number of thioether (sulfide) groups is 1. The van der Waals surface area contributed by atoms with Crippen LogP contribution in [0.4, 0.5) is 0 Å². The zero-order chi connectivity index (χ0) is 8.10. The molecule has 0 aromatic heterocycles. The SMILES string of the molecule is CCCSc1cccc(Cl)c1. The molecular formula is C9H11ClS. The largest absolute Gasteiger partial charge is 0.126 e. The van der Waals surface area contributed by atoms with Gasteiger partial charge in [0.1, 0.15) is 0 Å². The molecule has 1 rings (SSSR count). The van der Waals surface area contributed by atoms with Crippen LogP contribution in [0.2, 0.25) is 5.02 Å². The molecule has 2 heteroatoms. The van der Waals surface area contributed by atoms with Crippen molar-refractivity contribution in [3.8, 4) is 0 Å². The molecule has 0 aliphatic carbocycles. The molecule has 0 fully saturated rings. The molecule has 0 nitrogen and oxygen atoms in total. The second-order valence-corrected chi connectivity index (χ2v) is 3.91. The lowest BCUT2D eigenvalue weighted by atomic mass is 10.4. The van der Waals surface area contributed by atoms with E-state index in [9.17, 15) is 0 Å². The Morgan fingerprint density at radius 2 is 2.27 bits per heavy atom. The second-order valence-electron chi connectivity index (χ2n) is 2.31. The highest BCUT2D eigenvalue weighted by Crippen LogP contribution is 2.21. The number of hydrogen-bond donors (Lipinski definition) is 0. The molecule has 0 aliphatic rings. The van der Waals surface area contributed by atoms with Gasteiger partial charge in [0.05, 0.1) is 0 Å². The van der Waals surface area contributed by atoms with Crippen LogP contribution in [0.5, 0.6) is 0 Å². The van der Waals surface area contributed by atoms with E-state index in [0.29, 0.717) is 0 Å². The monoisotopic (exact) mass is 186 g/mol. The van der Waals surface area contributed by atoms with Gasteiger partial charge in [0.25, 0.3) is 0 Å². The molecule has 0 N–H and O–H groups in total. The fourth-order valence-electron chi connectivity index (χ4n) is 0.777. The van der Waals surface area contributed by atoms with Crippen LogP contribution in [0.1, 0.15) is 13.3 Å². The van der Waals surface area contributed by atoms with Gasteiger partial charge in [0, 0.05) is 9.92 Å². The predicted octanol–water partition coefficient (Wildman–Crippen LogP) is 3.84. The van der Waals surface area contributed by atoms with Crippen molar-refractivity contribution in [3.63, 3.8) is 0 Å².